The van der Waals surface area contributed by atoms with E-state index in [0.29, 0.717) is 17.4 Å². The molecule has 3 aromatic rings. The normalized spacial score (nSPS) is 20.9. The number of imidazole rings is 1. The molecule has 0 radical (unpaired) electrons. The van der Waals surface area contributed by atoms with Crippen LogP contribution in [-0.4, -0.2) is 15.7 Å². The third kappa shape index (κ3) is 4.73. The topological polar surface area (TPSA) is 39.1 Å². The molecule has 1 aliphatic rings. The number of benzene rings is 2. The lowest BCUT2D eigenvalue weighted by Crippen LogP contribution is -2.29. The van der Waals surface area contributed by atoms with Crippen LogP contribution in [0.2, 0.25) is 0 Å². The van der Waals surface area contributed by atoms with Crippen LogP contribution in [-0.2, 0) is 0 Å². The molecule has 1 aromatic heterocycles. The van der Waals surface area contributed by atoms with Gasteiger partial charge in [-0.25, -0.2) is 4.98 Å². The Labute approximate surface area is 187 Å². The van der Waals surface area contributed by atoms with E-state index in [9.17, 15) is 0 Å². The fraction of sp³-hybridized carbons (Fsp3) is 0.519. The highest BCUT2D eigenvalue weighted by Gasteiger charge is 2.34. The average molecular weight is 420 g/mol. The van der Waals surface area contributed by atoms with Gasteiger partial charge in [0.05, 0.1) is 17.1 Å². The van der Waals surface area contributed by atoms with Gasteiger partial charge in [-0.2, -0.15) is 0 Å². The zero-order chi connectivity index (χ0) is 22.3. The minimum atomic E-state index is 0.172. The minimum Gasteiger partial charge on any atom is -0.491 e. The molecule has 4 nitrogen and oxygen atoms in total. The molecule has 1 saturated carbocycles. The van der Waals surface area contributed by atoms with Crippen LogP contribution in [0.4, 0.5) is 11.6 Å². The monoisotopic (exact) mass is 419 g/mol. The van der Waals surface area contributed by atoms with E-state index < -0.39 is 0 Å². The van der Waals surface area contributed by atoms with Gasteiger partial charge < -0.3 is 14.6 Å². The van der Waals surface area contributed by atoms with Gasteiger partial charge in [0.15, 0.2) is 0 Å². The first-order valence-electron chi connectivity index (χ1n) is 11.6. The number of aromatic nitrogens is 2. The third-order valence-electron chi connectivity index (χ3n) is 6.34. The molecule has 2 aromatic carbocycles. The van der Waals surface area contributed by atoms with Crippen LogP contribution >= 0.6 is 0 Å². The van der Waals surface area contributed by atoms with Gasteiger partial charge in [0, 0.05) is 11.7 Å². The molecule has 166 valence electrons. The Hall–Kier alpha value is -2.49. The second-order valence-corrected chi connectivity index (χ2v) is 10.6. The van der Waals surface area contributed by atoms with E-state index in [4.69, 9.17) is 9.72 Å². The first kappa shape index (κ1) is 21.7. The number of anilines is 2. The summed E-state index contributed by atoms with van der Waals surface area (Å²) in [6.45, 7) is 15.7. The lowest BCUT2D eigenvalue weighted by atomic mass is 9.70. The van der Waals surface area contributed by atoms with Crippen molar-refractivity contribution in [1.29, 1.82) is 0 Å². The van der Waals surface area contributed by atoms with Gasteiger partial charge in [0.1, 0.15) is 5.75 Å². The van der Waals surface area contributed by atoms with Crippen LogP contribution in [0.25, 0.3) is 11.0 Å². The summed E-state index contributed by atoms with van der Waals surface area (Å²) in [5.41, 5.74) is 6.24. The van der Waals surface area contributed by atoms with Gasteiger partial charge in [-0.05, 0) is 99.7 Å². The highest BCUT2D eigenvalue weighted by molar-refractivity contribution is 5.83. The zero-order valence-electron chi connectivity index (χ0n) is 20.1. The van der Waals surface area contributed by atoms with Crippen molar-refractivity contribution in [2.24, 2.45) is 11.3 Å². The summed E-state index contributed by atoms with van der Waals surface area (Å²) >= 11 is 0. The first-order chi connectivity index (χ1) is 14.6. The Morgan fingerprint density at radius 2 is 1.81 bits per heavy atom. The Bertz CT molecular complexity index is 1060. The second-order valence-electron chi connectivity index (χ2n) is 10.6. The second kappa shape index (κ2) is 8.22. The first-order valence-corrected chi connectivity index (χ1v) is 11.6. The average Bonchev–Trinajstić information content (AvgIpc) is 2.99. The molecular formula is C27H37N3O. The predicted octanol–water partition coefficient (Wildman–Crippen LogP) is 7.57. The summed E-state index contributed by atoms with van der Waals surface area (Å²) in [6.07, 6.45) is 3.82. The molecule has 1 aliphatic carbocycles. The molecule has 31 heavy (non-hydrogen) atoms. The maximum Gasteiger partial charge on any atom is 0.208 e. The summed E-state index contributed by atoms with van der Waals surface area (Å²) in [5.74, 6) is 2.54. The molecule has 2 unspecified atom stereocenters. The minimum absolute atomic E-state index is 0.172. The molecule has 4 rings (SSSR count). The molecule has 0 saturated heterocycles. The predicted molar refractivity (Wildman–Crippen MR) is 131 cm³/mol. The summed E-state index contributed by atoms with van der Waals surface area (Å²) in [7, 11) is 0. The fourth-order valence-electron chi connectivity index (χ4n) is 5.51. The van der Waals surface area contributed by atoms with Gasteiger partial charge in [0.2, 0.25) is 5.95 Å². The van der Waals surface area contributed by atoms with Crippen molar-refractivity contribution in [3.63, 3.8) is 0 Å². The SMILES string of the molecule is Cc1cc(C)c2nc(Nc3ccc(OC(C)C)cc3)n(C3CC(C)CC(C)(C)C3)c2c1. The van der Waals surface area contributed by atoms with Crippen LogP contribution in [0.3, 0.4) is 0 Å². The van der Waals surface area contributed by atoms with Gasteiger partial charge in [-0.3, -0.25) is 0 Å². The highest BCUT2D eigenvalue weighted by Crippen LogP contribution is 2.46. The lowest BCUT2D eigenvalue weighted by molar-refractivity contribution is 0.140. The Balaban J connectivity index is 1.76. The van der Waals surface area contributed by atoms with E-state index in [-0.39, 0.29) is 6.10 Å². The summed E-state index contributed by atoms with van der Waals surface area (Å²) in [5, 5.41) is 3.62. The number of ether oxygens (including phenoxy) is 1. The molecular weight excluding hydrogens is 382 g/mol. The number of aryl methyl sites for hydroxylation is 2. The van der Waals surface area contributed by atoms with E-state index in [1.54, 1.807) is 0 Å². The summed E-state index contributed by atoms with van der Waals surface area (Å²) < 4.78 is 8.28. The number of hydrogen-bond acceptors (Lipinski definition) is 3. The van der Waals surface area contributed by atoms with E-state index in [2.05, 4.69) is 68.8 Å². The Morgan fingerprint density at radius 3 is 2.45 bits per heavy atom. The Morgan fingerprint density at radius 1 is 1.10 bits per heavy atom. The van der Waals surface area contributed by atoms with Crippen molar-refractivity contribution in [2.45, 2.75) is 79.9 Å². The Kier molecular flexibility index (Phi) is 5.76. The molecule has 0 amide bonds. The molecule has 0 bridgehead atoms. The van der Waals surface area contributed by atoms with Crippen LogP contribution in [0.5, 0.6) is 5.75 Å². The van der Waals surface area contributed by atoms with Gasteiger partial charge >= 0.3 is 0 Å². The molecule has 0 aliphatic heterocycles. The van der Waals surface area contributed by atoms with Crippen molar-refractivity contribution in [1.82, 2.24) is 9.55 Å². The summed E-state index contributed by atoms with van der Waals surface area (Å²) in [6, 6.07) is 13.2. The number of fused-ring (bicyclic) bond motifs is 1. The van der Waals surface area contributed by atoms with Crippen molar-refractivity contribution in [3.8, 4) is 5.75 Å². The van der Waals surface area contributed by atoms with Crippen LogP contribution < -0.4 is 10.1 Å². The van der Waals surface area contributed by atoms with Crippen LogP contribution in [0.15, 0.2) is 36.4 Å². The number of nitrogens with one attached hydrogen (secondary N) is 1. The largest absolute Gasteiger partial charge is 0.491 e. The van der Waals surface area contributed by atoms with Crippen LogP contribution in [0, 0.1) is 25.2 Å². The highest BCUT2D eigenvalue weighted by atomic mass is 16.5. The van der Waals surface area contributed by atoms with E-state index in [0.717, 1.165) is 22.9 Å². The standard InChI is InChI=1S/C27H37N3O/c1-17(2)31-23-10-8-21(9-11-23)28-26-29-25-20(5)12-18(3)14-24(25)30(26)22-13-19(4)15-27(6,7)16-22/h8-12,14,17,19,22H,13,15-16H2,1-7H3,(H,28,29). The van der Waals surface area contributed by atoms with Crippen molar-refractivity contribution < 1.29 is 4.74 Å². The smallest absolute Gasteiger partial charge is 0.208 e. The van der Waals surface area contributed by atoms with Gasteiger partial charge in [0.25, 0.3) is 0 Å². The molecule has 4 heteroatoms. The molecule has 1 fully saturated rings. The van der Waals surface area contributed by atoms with Crippen molar-refractivity contribution >= 4 is 22.7 Å². The maximum absolute atomic E-state index is 5.80. The van der Waals surface area contributed by atoms with E-state index in [1.165, 1.54) is 35.9 Å². The van der Waals surface area contributed by atoms with Crippen molar-refractivity contribution in [3.05, 3.63) is 47.5 Å². The van der Waals surface area contributed by atoms with Crippen molar-refractivity contribution in [2.75, 3.05) is 5.32 Å². The van der Waals surface area contributed by atoms with Crippen LogP contribution in [0.1, 0.15) is 71.0 Å². The quantitative estimate of drug-likeness (QED) is 0.463. The fourth-order valence-corrected chi connectivity index (χ4v) is 5.51. The third-order valence-corrected chi connectivity index (χ3v) is 6.34. The molecule has 2 atom stereocenters. The molecule has 1 heterocycles. The number of hydrogen-bond donors (Lipinski definition) is 1. The number of nitrogens with zero attached hydrogens (tertiary/aromatic N) is 2. The van der Waals surface area contributed by atoms with E-state index in [1.807, 2.05) is 26.0 Å². The summed E-state index contributed by atoms with van der Waals surface area (Å²) in [4.78, 5) is 5.09. The lowest BCUT2D eigenvalue weighted by Gasteiger charge is -2.40. The van der Waals surface area contributed by atoms with Gasteiger partial charge in [-0.1, -0.05) is 26.8 Å². The number of rotatable bonds is 5. The zero-order valence-corrected chi connectivity index (χ0v) is 20.1. The van der Waals surface area contributed by atoms with Gasteiger partial charge in [-0.15, -0.1) is 0 Å². The molecule has 0 spiro atoms. The molecule has 1 N–H and O–H groups in total. The van der Waals surface area contributed by atoms with E-state index >= 15 is 0 Å². The maximum atomic E-state index is 5.80.